The van der Waals surface area contributed by atoms with Gasteiger partial charge in [0.05, 0.1) is 12.6 Å². The van der Waals surface area contributed by atoms with Crippen molar-refractivity contribution < 1.29 is 9.90 Å². The lowest BCUT2D eigenvalue weighted by molar-refractivity contribution is 0.0677. The van der Waals surface area contributed by atoms with Crippen LogP contribution in [0.5, 0.6) is 0 Å². The number of nitrogen functional groups attached to an aromatic ring is 1. The summed E-state index contributed by atoms with van der Waals surface area (Å²) in [5.41, 5.74) is 6.84. The molecule has 0 saturated carbocycles. The number of aliphatic hydroxyl groups excluding tert-OH is 1. The zero-order chi connectivity index (χ0) is 12.4. The van der Waals surface area contributed by atoms with Crippen LogP contribution in [0.1, 0.15) is 23.2 Å². The second-order valence-corrected chi connectivity index (χ2v) is 5.17. The maximum Gasteiger partial charge on any atom is 0.254 e. The molecule has 1 aromatic rings. The van der Waals surface area contributed by atoms with Crippen LogP contribution in [0.3, 0.4) is 0 Å². The Balaban J connectivity index is 2.24. The summed E-state index contributed by atoms with van der Waals surface area (Å²) in [5, 5.41) is 9.21. The first kappa shape index (κ1) is 12.4. The molecule has 1 saturated heterocycles. The molecule has 0 radical (unpaired) electrons. The minimum Gasteiger partial charge on any atom is -0.399 e. The van der Waals surface area contributed by atoms with Crippen molar-refractivity contribution in [3.63, 3.8) is 0 Å². The molecule has 1 aromatic carbocycles. The highest BCUT2D eigenvalue weighted by atomic mass is 79.9. The normalized spacial score (nSPS) is 19.6. The third-order valence-corrected chi connectivity index (χ3v) is 3.47. The van der Waals surface area contributed by atoms with Crippen molar-refractivity contribution in [2.75, 3.05) is 18.9 Å². The summed E-state index contributed by atoms with van der Waals surface area (Å²) in [5.74, 6) is -0.0606. The molecule has 0 aliphatic carbocycles. The fourth-order valence-electron chi connectivity index (χ4n) is 2.19. The van der Waals surface area contributed by atoms with Gasteiger partial charge in [-0.05, 0) is 31.0 Å². The smallest absolute Gasteiger partial charge is 0.254 e. The number of carbonyl (C=O) groups excluding carboxylic acids is 1. The third kappa shape index (κ3) is 2.61. The first-order valence-electron chi connectivity index (χ1n) is 5.59. The number of likely N-dealkylation sites (tertiary alicyclic amines) is 1. The van der Waals surface area contributed by atoms with Gasteiger partial charge in [0.15, 0.2) is 0 Å². The van der Waals surface area contributed by atoms with Crippen LogP contribution in [0.2, 0.25) is 0 Å². The zero-order valence-corrected chi connectivity index (χ0v) is 11.0. The molecule has 1 heterocycles. The van der Waals surface area contributed by atoms with Gasteiger partial charge in [0, 0.05) is 22.3 Å². The van der Waals surface area contributed by atoms with Gasteiger partial charge in [-0.15, -0.1) is 0 Å². The fraction of sp³-hybridized carbons (Fsp3) is 0.417. The van der Waals surface area contributed by atoms with Crippen LogP contribution in [0.4, 0.5) is 5.69 Å². The van der Waals surface area contributed by atoms with E-state index in [-0.39, 0.29) is 18.6 Å². The molecule has 1 amide bonds. The highest BCUT2D eigenvalue weighted by molar-refractivity contribution is 9.10. The van der Waals surface area contributed by atoms with Gasteiger partial charge in [-0.25, -0.2) is 0 Å². The number of hydrogen-bond acceptors (Lipinski definition) is 3. The van der Waals surface area contributed by atoms with Crippen LogP contribution in [0.25, 0.3) is 0 Å². The molecule has 1 atom stereocenters. The summed E-state index contributed by atoms with van der Waals surface area (Å²) < 4.78 is 0.792. The van der Waals surface area contributed by atoms with E-state index in [1.165, 1.54) is 0 Å². The molecule has 1 aliphatic heterocycles. The SMILES string of the molecule is Nc1cc(Br)cc(C(=O)N2CCC[C@H]2CO)c1. The molecule has 0 spiro atoms. The fourth-order valence-corrected chi connectivity index (χ4v) is 2.71. The van der Waals surface area contributed by atoms with Crippen molar-refractivity contribution in [1.29, 1.82) is 0 Å². The Labute approximate surface area is 109 Å². The summed E-state index contributed by atoms with van der Waals surface area (Å²) in [6.45, 7) is 0.728. The highest BCUT2D eigenvalue weighted by Gasteiger charge is 2.28. The summed E-state index contributed by atoms with van der Waals surface area (Å²) in [6.07, 6.45) is 1.81. The molecule has 3 N–H and O–H groups in total. The Morgan fingerprint density at radius 1 is 1.53 bits per heavy atom. The molecule has 5 heteroatoms. The van der Waals surface area contributed by atoms with E-state index in [4.69, 9.17) is 5.73 Å². The Bertz CT molecular complexity index is 416. The number of anilines is 1. The Morgan fingerprint density at radius 3 is 2.94 bits per heavy atom. The summed E-state index contributed by atoms with van der Waals surface area (Å²) in [6, 6.07) is 5.12. The average Bonchev–Trinajstić information content (AvgIpc) is 2.74. The summed E-state index contributed by atoms with van der Waals surface area (Å²) in [4.78, 5) is 14.0. The van der Waals surface area contributed by atoms with Crippen LogP contribution < -0.4 is 5.73 Å². The summed E-state index contributed by atoms with van der Waals surface area (Å²) in [7, 11) is 0. The molecule has 0 bridgehead atoms. The molecule has 17 heavy (non-hydrogen) atoms. The lowest BCUT2D eigenvalue weighted by atomic mass is 10.1. The van der Waals surface area contributed by atoms with Crippen LogP contribution >= 0.6 is 15.9 Å². The molecule has 0 aromatic heterocycles. The van der Waals surface area contributed by atoms with Gasteiger partial charge in [-0.2, -0.15) is 0 Å². The van der Waals surface area contributed by atoms with Crippen LogP contribution in [0.15, 0.2) is 22.7 Å². The van der Waals surface area contributed by atoms with Gasteiger partial charge in [0.2, 0.25) is 0 Å². The predicted octanol–water partition coefficient (Wildman–Crippen LogP) is 1.63. The highest BCUT2D eigenvalue weighted by Crippen LogP contribution is 2.23. The minimum absolute atomic E-state index is 0.0230. The lowest BCUT2D eigenvalue weighted by Crippen LogP contribution is -2.37. The number of rotatable bonds is 2. The second kappa shape index (κ2) is 5.06. The third-order valence-electron chi connectivity index (χ3n) is 3.02. The first-order valence-corrected chi connectivity index (χ1v) is 6.39. The molecule has 92 valence electrons. The molecule has 1 aliphatic rings. The number of hydrogen-bond donors (Lipinski definition) is 2. The average molecular weight is 299 g/mol. The summed E-state index contributed by atoms with van der Waals surface area (Å²) >= 11 is 3.32. The number of carbonyl (C=O) groups is 1. The van der Waals surface area contributed by atoms with Gasteiger partial charge >= 0.3 is 0 Å². The zero-order valence-electron chi connectivity index (χ0n) is 9.40. The van der Waals surface area contributed by atoms with Crippen LogP contribution in [0, 0.1) is 0 Å². The van der Waals surface area contributed by atoms with Crippen molar-refractivity contribution in [1.82, 2.24) is 4.90 Å². The van der Waals surface area contributed by atoms with Gasteiger partial charge in [0.1, 0.15) is 0 Å². The van der Waals surface area contributed by atoms with Gasteiger partial charge in [-0.3, -0.25) is 4.79 Å². The molecule has 2 rings (SSSR count). The number of nitrogens with zero attached hydrogens (tertiary/aromatic N) is 1. The van der Waals surface area contributed by atoms with E-state index in [1.54, 1.807) is 23.1 Å². The van der Waals surface area contributed by atoms with Crippen molar-refractivity contribution in [3.05, 3.63) is 28.2 Å². The number of halogens is 1. The van der Waals surface area contributed by atoms with Crippen molar-refractivity contribution in [3.8, 4) is 0 Å². The molecule has 0 unspecified atom stereocenters. The van der Waals surface area contributed by atoms with Gasteiger partial charge < -0.3 is 15.7 Å². The molecule has 4 nitrogen and oxygen atoms in total. The Kier molecular flexibility index (Phi) is 3.69. The van der Waals surface area contributed by atoms with E-state index >= 15 is 0 Å². The van der Waals surface area contributed by atoms with E-state index in [9.17, 15) is 9.90 Å². The Morgan fingerprint density at radius 2 is 2.29 bits per heavy atom. The van der Waals surface area contributed by atoms with Crippen molar-refractivity contribution in [2.24, 2.45) is 0 Å². The van der Waals surface area contributed by atoms with E-state index in [2.05, 4.69) is 15.9 Å². The van der Waals surface area contributed by atoms with E-state index in [1.807, 2.05) is 0 Å². The Hall–Kier alpha value is -1.07. The molecular formula is C12H15BrN2O2. The van der Waals surface area contributed by atoms with Gasteiger partial charge in [-0.1, -0.05) is 15.9 Å². The number of amides is 1. The number of benzene rings is 1. The lowest BCUT2D eigenvalue weighted by Gasteiger charge is -2.23. The van der Waals surface area contributed by atoms with Crippen LogP contribution in [-0.2, 0) is 0 Å². The van der Waals surface area contributed by atoms with E-state index in [0.29, 0.717) is 17.8 Å². The molecule has 1 fully saturated rings. The minimum atomic E-state index is -0.0606. The largest absolute Gasteiger partial charge is 0.399 e. The van der Waals surface area contributed by atoms with E-state index < -0.39 is 0 Å². The number of nitrogens with two attached hydrogens (primary N) is 1. The monoisotopic (exact) mass is 298 g/mol. The predicted molar refractivity (Wildman–Crippen MR) is 69.7 cm³/mol. The quantitative estimate of drug-likeness (QED) is 0.816. The molecular weight excluding hydrogens is 284 g/mol. The van der Waals surface area contributed by atoms with E-state index in [0.717, 1.165) is 17.3 Å². The first-order chi connectivity index (χ1) is 8.11. The van der Waals surface area contributed by atoms with Crippen LogP contribution in [-0.4, -0.2) is 35.1 Å². The van der Waals surface area contributed by atoms with Crippen molar-refractivity contribution >= 4 is 27.5 Å². The topological polar surface area (TPSA) is 66.6 Å². The standard InChI is InChI=1S/C12H15BrN2O2/c13-9-4-8(5-10(14)6-9)12(17)15-3-1-2-11(15)7-16/h4-6,11,16H,1-3,7,14H2/t11-/m0/s1. The number of aliphatic hydroxyl groups is 1. The van der Waals surface area contributed by atoms with Gasteiger partial charge in [0.25, 0.3) is 5.91 Å². The maximum absolute atomic E-state index is 12.3. The van der Waals surface area contributed by atoms with Crippen molar-refractivity contribution in [2.45, 2.75) is 18.9 Å². The maximum atomic E-state index is 12.3. The second-order valence-electron chi connectivity index (χ2n) is 4.25.